The van der Waals surface area contributed by atoms with E-state index < -0.39 is 0 Å². The minimum absolute atomic E-state index is 0.139. The highest BCUT2D eigenvalue weighted by Gasteiger charge is 2.24. The van der Waals surface area contributed by atoms with Crippen molar-refractivity contribution in [2.75, 3.05) is 13.7 Å². The summed E-state index contributed by atoms with van der Waals surface area (Å²) < 4.78 is 4.58. The van der Waals surface area contributed by atoms with E-state index in [2.05, 4.69) is 10.1 Å². The van der Waals surface area contributed by atoms with Crippen LogP contribution in [-0.4, -0.2) is 31.7 Å². The fraction of sp³-hybridized carbons (Fsp3) is 0.857. The summed E-state index contributed by atoms with van der Waals surface area (Å²) >= 11 is 0. The fourth-order valence-corrected chi connectivity index (χ4v) is 1.27. The Bertz CT molecular complexity index is 149. The molecule has 1 fully saturated rings. The van der Waals surface area contributed by atoms with Crippen LogP contribution in [0.15, 0.2) is 0 Å². The van der Waals surface area contributed by atoms with Gasteiger partial charge in [-0.3, -0.25) is 4.79 Å². The van der Waals surface area contributed by atoms with E-state index in [-0.39, 0.29) is 18.1 Å². The molecule has 0 unspecified atom stereocenters. The van der Waals surface area contributed by atoms with Crippen molar-refractivity contribution in [1.82, 2.24) is 5.32 Å². The maximum Gasteiger partial charge on any atom is 0.322 e. The van der Waals surface area contributed by atoms with E-state index in [1.165, 1.54) is 7.11 Å². The largest absolute Gasteiger partial charge is 0.468 e. The van der Waals surface area contributed by atoms with Crippen LogP contribution in [0.3, 0.4) is 0 Å². The predicted molar refractivity (Wildman–Crippen MR) is 41.0 cm³/mol. The van der Waals surface area contributed by atoms with Gasteiger partial charge in [-0.25, -0.2) is 0 Å². The van der Waals surface area contributed by atoms with Crippen LogP contribution in [0.1, 0.15) is 12.8 Å². The molecule has 1 aliphatic rings. The zero-order chi connectivity index (χ0) is 8.27. The number of carbonyl (C=O) groups is 1. The van der Waals surface area contributed by atoms with Gasteiger partial charge in [-0.05, 0) is 19.4 Å². The van der Waals surface area contributed by atoms with Gasteiger partial charge in [-0.2, -0.15) is 0 Å². The number of carbonyl (C=O) groups excluding carboxylic acids is 1. The highest BCUT2D eigenvalue weighted by atomic mass is 16.5. The SMILES string of the molecule is COC(=O)[C@@H]1C[C@@H](N)CCN1. The van der Waals surface area contributed by atoms with E-state index in [1.54, 1.807) is 0 Å². The van der Waals surface area contributed by atoms with Gasteiger partial charge in [0.25, 0.3) is 0 Å². The van der Waals surface area contributed by atoms with Gasteiger partial charge in [0.2, 0.25) is 0 Å². The molecule has 0 amide bonds. The van der Waals surface area contributed by atoms with Gasteiger partial charge in [0, 0.05) is 6.04 Å². The second-order valence-electron chi connectivity index (χ2n) is 2.81. The third-order valence-corrected chi connectivity index (χ3v) is 1.93. The average molecular weight is 158 g/mol. The third-order valence-electron chi connectivity index (χ3n) is 1.93. The van der Waals surface area contributed by atoms with E-state index in [0.717, 1.165) is 13.0 Å². The zero-order valence-electron chi connectivity index (χ0n) is 6.67. The highest BCUT2D eigenvalue weighted by Crippen LogP contribution is 2.06. The van der Waals surface area contributed by atoms with Gasteiger partial charge < -0.3 is 15.8 Å². The lowest BCUT2D eigenvalue weighted by molar-refractivity contribution is -0.143. The molecule has 1 aliphatic heterocycles. The van der Waals surface area contributed by atoms with Crippen molar-refractivity contribution in [2.24, 2.45) is 5.73 Å². The number of hydrogen-bond donors (Lipinski definition) is 2. The van der Waals surface area contributed by atoms with Crippen molar-refractivity contribution >= 4 is 5.97 Å². The molecule has 0 saturated carbocycles. The summed E-state index contributed by atoms with van der Waals surface area (Å²) in [5.41, 5.74) is 5.67. The van der Waals surface area contributed by atoms with Crippen LogP contribution in [0.2, 0.25) is 0 Å². The van der Waals surface area contributed by atoms with Crippen LogP contribution < -0.4 is 11.1 Å². The Morgan fingerprint density at radius 1 is 1.73 bits per heavy atom. The topological polar surface area (TPSA) is 64.3 Å². The summed E-state index contributed by atoms with van der Waals surface area (Å²) in [4.78, 5) is 11.0. The van der Waals surface area contributed by atoms with Gasteiger partial charge in [0.1, 0.15) is 6.04 Å². The van der Waals surface area contributed by atoms with Gasteiger partial charge in [-0.1, -0.05) is 0 Å². The van der Waals surface area contributed by atoms with Crippen molar-refractivity contribution in [2.45, 2.75) is 24.9 Å². The summed E-state index contributed by atoms with van der Waals surface area (Å²) in [6, 6.07) is -0.0518. The molecule has 0 aliphatic carbocycles. The maximum atomic E-state index is 11.0. The van der Waals surface area contributed by atoms with E-state index >= 15 is 0 Å². The number of methoxy groups -OCH3 is 1. The standard InChI is InChI=1S/C7H14N2O2/c1-11-7(10)6-4-5(8)2-3-9-6/h5-6,9H,2-4,8H2,1H3/t5-,6-/m0/s1. The molecular formula is C7H14N2O2. The summed E-state index contributed by atoms with van der Waals surface area (Å²) in [7, 11) is 1.39. The monoisotopic (exact) mass is 158 g/mol. The van der Waals surface area contributed by atoms with Crippen molar-refractivity contribution in [3.8, 4) is 0 Å². The minimum Gasteiger partial charge on any atom is -0.468 e. The van der Waals surface area contributed by atoms with Crippen LogP contribution in [0, 0.1) is 0 Å². The summed E-state index contributed by atoms with van der Waals surface area (Å²) in [6.45, 7) is 0.806. The van der Waals surface area contributed by atoms with E-state index in [1.807, 2.05) is 0 Å². The minimum atomic E-state index is -0.208. The average Bonchev–Trinajstić information content (AvgIpc) is 2.03. The number of hydrogen-bond acceptors (Lipinski definition) is 4. The maximum absolute atomic E-state index is 11.0. The number of esters is 1. The summed E-state index contributed by atoms with van der Waals surface area (Å²) in [5.74, 6) is -0.208. The van der Waals surface area contributed by atoms with Crippen LogP contribution in [0.5, 0.6) is 0 Å². The molecule has 0 spiro atoms. The third kappa shape index (κ3) is 2.17. The quantitative estimate of drug-likeness (QED) is 0.492. The molecule has 0 bridgehead atoms. The molecule has 0 aromatic carbocycles. The molecule has 2 atom stereocenters. The van der Waals surface area contributed by atoms with Crippen molar-refractivity contribution in [1.29, 1.82) is 0 Å². The van der Waals surface area contributed by atoms with Crippen LogP contribution in [0.25, 0.3) is 0 Å². The number of piperidine rings is 1. The molecule has 4 nitrogen and oxygen atoms in total. The molecule has 0 radical (unpaired) electrons. The summed E-state index contributed by atoms with van der Waals surface area (Å²) in [6.07, 6.45) is 1.63. The number of nitrogens with two attached hydrogens (primary N) is 1. The Morgan fingerprint density at radius 3 is 3.00 bits per heavy atom. The summed E-state index contributed by atoms with van der Waals surface area (Å²) in [5, 5.41) is 3.05. The van der Waals surface area contributed by atoms with Crippen LogP contribution >= 0.6 is 0 Å². The lowest BCUT2D eigenvalue weighted by Crippen LogP contribution is -2.48. The fourth-order valence-electron chi connectivity index (χ4n) is 1.27. The Labute approximate surface area is 66.1 Å². The number of nitrogens with one attached hydrogen (secondary N) is 1. The molecule has 1 heterocycles. The molecule has 3 N–H and O–H groups in total. The molecule has 0 aromatic heterocycles. The number of ether oxygens (including phenoxy) is 1. The first-order valence-electron chi connectivity index (χ1n) is 3.81. The molecule has 1 rings (SSSR count). The Balaban J connectivity index is 2.39. The zero-order valence-corrected chi connectivity index (χ0v) is 6.67. The Hall–Kier alpha value is -0.610. The first kappa shape index (κ1) is 8.49. The van der Waals surface area contributed by atoms with Crippen molar-refractivity contribution in [3.05, 3.63) is 0 Å². The van der Waals surface area contributed by atoms with Gasteiger partial charge in [-0.15, -0.1) is 0 Å². The van der Waals surface area contributed by atoms with Crippen molar-refractivity contribution in [3.63, 3.8) is 0 Å². The molecule has 11 heavy (non-hydrogen) atoms. The van der Waals surface area contributed by atoms with E-state index in [9.17, 15) is 4.79 Å². The smallest absolute Gasteiger partial charge is 0.322 e. The lowest BCUT2D eigenvalue weighted by Gasteiger charge is -2.25. The highest BCUT2D eigenvalue weighted by molar-refractivity contribution is 5.75. The van der Waals surface area contributed by atoms with Gasteiger partial charge in [0.05, 0.1) is 7.11 Å². The number of rotatable bonds is 1. The molecular weight excluding hydrogens is 144 g/mol. The predicted octanol–water partition coefficient (Wildman–Crippen LogP) is -0.761. The first-order chi connectivity index (χ1) is 5.24. The molecule has 0 aromatic rings. The van der Waals surface area contributed by atoms with E-state index in [4.69, 9.17) is 5.73 Å². The van der Waals surface area contributed by atoms with Gasteiger partial charge >= 0.3 is 5.97 Å². The second kappa shape index (κ2) is 3.69. The Kier molecular flexibility index (Phi) is 2.84. The first-order valence-corrected chi connectivity index (χ1v) is 3.81. The molecule has 64 valence electrons. The van der Waals surface area contributed by atoms with Gasteiger partial charge in [0.15, 0.2) is 0 Å². The van der Waals surface area contributed by atoms with Crippen LogP contribution in [-0.2, 0) is 9.53 Å². The molecule has 4 heteroatoms. The second-order valence-corrected chi connectivity index (χ2v) is 2.81. The lowest BCUT2D eigenvalue weighted by atomic mass is 10.0. The van der Waals surface area contributed by atoms with Crippen LogP contribution in [0.4, 0.5) is 0 Å². The normalized spacial score (nSPS) is 31.5. The Morgan fingerprint density at radius 2 is 2.45 bits per heavy atom. The molecule has 1 saturated heterocycles. The van der Waals surface area contributed by atoms with Crippen molar-refractivity contribution < 1.29 is 9.53 Å². The van der Waals surface area contributed by atoms with E-state index in [0.29, 0.717) is 6.42 Å².